The third-order valence-corrected chi connectivity index (χ3v) is 4.54. The summed E-state index contributed by atoms with van der Waals surface area (Å²) in [7, 11) is 0. The molecule has 1 aliphatic rings. The smallest absolute Gasteiger partial charge is 0.174 e. The lowest BCUT2D eigenvalue weighted by atomic mass is 9.99. The van der Waals surface area contributed by atoms with E-state index in [0.717, 1.165) is 11.4 Å². The highest BCUT2D eigenvalue weighted by atomic mass is 16.7. The molecule has 2 unspecified atom stereocenters. The normalized spacial score (nSPS) is 19.6. The molecule has 2 aromatic rings. The second kappa shape index (κ2) is 8.37. The number of hydrogen-bond donors (Lipinski definition) is 0. The molecule has 134 valence electrons. The molecule has 0 aliphatic carbocycles. The maximum atomic E-state index is 6.34. The molecule has 0 aromatic heterocycles. The summed E-state index contributed by atoms with van der Waals surface area (Å²) in [5, 5.41) is 0. The average molecular weight is 341 g/mol. The van der Waals surface area contributed by atoms with Gasteiger partial charge in [0.2, 0.25) is 0 Å². The lowest BCUT2D eigenvalue weighted by Crippen LogP contribution is -2.47. The molecular formula is C21H27NO3. The largest absolute Gasteiger partial charge is 0.481 e. The number of benzene rings is 2. The summed E-state index contributed by atoms with van der Waals surface area (Å²) in [6.07, 6.45) is -0.278. The SMILES string of the molecule is CCOC(CN1c2ccccc2OC(c2ccccc2)C1C)OCC. The van der Waals surface area contributed by atoms with Crippen LogP contribution in [-0.4, -0.2) is 32.1 Å². The first-order valence-corrected chi connectivity index (χ1v) is 9.05. The summed E-state index contributed by atoms with van der Waals surface area (Å²) in [6, 6.07) is 18.7. The second-order valence-electron chi connectivity index (χ2n) is 6.15. The zero-order chi connectivity index (χ0) is 17.6. The standard InChI is InChI=1S/C21H27NO3/c1-4-23-20(24-5-2)15-22-16(3)21(17-11-7-6-8-12-17)25-19-14-10-9-13-18(19)22/h6-14,16,20-21H,4-5,15H2,1-3H3. The molecule has 25 heavy (non-hydrogen) atoms. The molecule has 4 nitrogen and oxygen atoms in total. The predicted molar refractivity (Wildman–Crippen MR) is 100 cm³/mol. The molecule has 0 N–H and O–H groups in total. The van der Waals surface area contributed by atoms with Gasteiger partial charge in [-0.05, 0) is 38.5 Å². The van der Waals surface area contributed by atoms with E-state index in [9.17, 15) is 0 Å². The fourth-order valence-electron chi connectivity index (χ4n) is 3.35. The minimum Gasteiger partial charge on any atom is -0.481 e. The molecule has 3 rings (SSSR count). The Hall–Kier alpha value is -2.04. The van der Waals surface area contributed by atoms with E-state index >= 15 is 0 Å². The fraction of sp³-hybridized carbons (Fsp3) is 0.429. The summed E-state index contributed by atoms with van der Waals surface area (Å²) in [5.41, 5.74) is 2.27. The predicted octanol–water partition coefficient (Wildman–Crippen LogP) is 4.41. The van der Waals surface area contributed by atoms with Gasteiger partial charge in [0.25, 0.3) is 0 Å². The van der Waals surface area contributed by atoms with Gasteiger partial charge in [-0.2, -0.15) is 0 Å². The second-order valence-corrected chi connectivity index (χ2v) is 6.15. The Labute approximate surface area is 150 Å². The van der Waals surface area contributed by atoms with E-state index in [-0.39, 0.29) is 18.4 Å². The number of anilines is 1. The van der Waals surface area contributed by atoms with Gasteiger partial charge in [0, 0.05) is 13.2 Å². The highest BCUT2D eigenvalue weighted by Crippen LogP contribution is 2.41. The van der Waals surface area contributed by atoms with E-state index in [1.54, 1.807) is 0 Å². The van der Waals surface area contributed by atoms with Gasteiger partial charge in [-0.3, -0.25) is 0 Å². The van der Waals surface area contributed by atoms with E-state index < -0.39 is 0 Å². The van der Waals surface area contributed by atoms with Crippen LogP contribution in [0.1, 0.15) is 32.4 Å². The Morgan fingerprint density at radius 1 is 0.960 bits per heavy atom. The van der Waals surface area contributed by atoms with Gasteiger partial charge in [0.05, 0.1) is 18.3 Å². The van der Waals surface area contributed by atoms with Crippen molar-refractivity contribution in [3.63, 3.8) is 0 Å². The summed E-state index contributed by atoms with van der Waals surface area (Å²) < 4.78 is 17.9. The summed E-state index contributed by atoms with van der Waals surface area (Å²) in [5.74, 6) is 0.904. The van der Waals surface area contributed by atoms with Gasteiger partial charge >= 0.3 is 0 Å². The molecule has 0 saturated carbocycles. The summed E-state index contributed by atoms with van der Waals surface area (Å²) >= 11 is 0. The van der Waals surface area contributed by atoms with Crippen LogP contribution in [0.25, 0.3) is 0 Å². The molecule has 0 spiro atoms. The molecule has 0 radical (unpaired) electrons. The first-order valence-electron chi connectivity index (χ1n) is 9.05. The van der Waals surface area contributed by atoms with Crippen molar-refractivity contribution in [1.82, 2.24) is 0 Å². The number of ether oxygens (including phenoxy) is 3. The van der Waals surface area contributed by atoms with E-state index in [0.29, 0.717) is 19.8 Å². The lowest BCUT2D eigenvalue weighted by Gasteiger charge is -2.43. The van der Waals surface area contributed by atoms with Crippen LogP contribution >= 0.6 is 0 Å². The van der Waals surface area contributed by atoms with Crippen molar-refractivity contribution in [2.75, 3.05) is 24.7 Å². The van der Waals surface area contributed by atoms with Crippen molar-refractivity contribution in [3.8, 4) is 5.75 Å². The maximum absolute atomic E-state index is 6.34. The molecule has 0 amide bonds. The number of fused-ring (bicyclic) bond motifs is 1. The molecule has 0 bridgehead atoms. The van der Waals surface area contributed by atoms with E-state index in [2.05, 4.69) is 42.2 Å². The van der Waals surface area contributed by atoms with Crippen LogP contribution in [0.3, 0.4) is 0 Å². The minimum absolute atomic E-state index is 0.0278. The quantitative estimate of drug-likeness (QED) is 0.698. The number of para-hydroxylation sites is 2. The zero-order valence-corrected chi connectivity index (χ0v) is 15.2. The third-order valence-electron chi connectivity index (χ3n) is 4.54. The fourth-order valence-corrected chi connectivity index (χ4v) is 3.35. The Morgan fingerprint density at radius 3 is 2.28 bits per heavy atom. The highest BCUT2D eigenvalue weighted by Gasteiger charge is 2.35. The lowest BCUT2D eigenvalue weighted by molar-refractivity contribution is -0.131. The van der Waals surface area contributed by atoms with Crippen LogP contribution in [0.15, 0.2) is 54.6 Å². The number of rotatable bonds is 7. The number of nitrogens with zero attached hydrogens (tertiary/aromatic N) is 1. The molecule has 1 heterocycles. The molecule has 2 atom stereocenters. The molecule has 0 fully saturated rings. The van der Waals surface area contributed by atoms with E-state index in [1.165, 1.54) is 5.56 Å². The third kappa shape index (κ3) is 3.97. The summed E-state index contributed by atoms with van der Waals surface area (Å²) in [4.78, 5) is 2.34. The van der Waals surface area contributed by atoms with Crippen LogP contribution in [0, 0.1) is 0 Å². The van der Waals surface area contributed by atoms with Crippen LogP contribution in [0.2, 0.25) is 0 Å². The average Bonchev–Trinajstić information content (AvgIpc) is 2.65. The van der Waals surface area contributed by atoms with Gasteiger partial charge in [0.1, 0.15) is 11.9 Å². The zero-order valence-electron chi connectivity index (χ0n) is 15.2. The van der Waals surface area contributed by atoms with Gasteiger partial charge in [-0.1, -0.05) is 42.5 Å². The van der Waals surface area contributed by atoms with Crippen molar-refractivity contribution in [2.45, 2.75) is 39.2 Å². The molecule has 0 saturated heterocycles. The van der Waals surface area contributed by atoms with Crippen LogP contribution < -0.4 is 9.64 Å². The Bertz CT molecular complexity index is 655. The van der Waals surface area contributed by atoms with Gasteiger partial charge in [-0.25, -0.2) is 0 Å². The topological polar surface area (TPSA) is 30.9 Å². The first-order chi connectivity index (χ1) is 12.2. The van der Waals surface area contributed by atoms with Crippen LogP contribution in [0.5, 0.6) is 5.75 Å². The molecule has 1 aliphatic heterocycles. The molecular weight excluding hydrogens is 314 g/mol. The molecule has 4 heteroatoms. The van der Waals surface area contributed by atoms with Crippen LogP contribution in [-0.2, 0) is 9.47 Å². The van der Waals surface area contributed by atoms with E-state index in [4.69, 9.17) is 14.2 Å². The van der Waals surface area contributed by atoms with Crippen molar-refractivity contribution < 1.29 is 14.2 Å². The Morgan fingerprint density at radius 2 is 1.60 bits per heavy atom. The van der Waals surface area contributed by atoms with Gasteiger partial charge < -0.3 is 19.1 Å². The van der Waals surface area contributed by atoms with E-state index in [1.807, 2.05) is 38.1 Å². The first kappa shape index (κ1) is 17.8. The van der Waals surface area contributed by atoms with Crippen molar-refractivity contribution in [2.24, 2.45) is 0 Å². The molecule has 2 aromatic carbocycles. The van der Waals surface area contributed by atoms with Gasteiger partial charge in [0.15, 0.2) is 6.29 Å². The highest BCUT2D eigenvalue weighted by molar-refractivity contribution is 5.61. The number of hydrogen-bond acceptors (Lipinski definition) is 4. The minimum atomic E-state index is -0.250. The van der Waals surface area contributed by atoms with Gasteiger partial charge in [-0.15, -0.1) is 0 Å². The summed E-state index contributed by atoms with van der Waals surface area (Å²) in [6.45, 7) is 8.13. The van der Waals surface area contributed by atoms with Crippen LogP contribution in [0.4, 0.5) is 5.69 Å². The van der Waals surface area contributed by atoms with Crippen molar-refractivity contribution in [1.29, 1.82) is 0 Å². The Kier molecular flexibility index (Phi) is 5.95. The van der Waals surface area contributed by atoms with Crippen molar-refractivity contribution in [3.05, 3.63) is 60.2 Å². The maximum Gasteiger partial charge on any atom is 0.174 e. The monoisotopic (exact) mass is 341 g/mol. The van der Waals surface area contributed by atoms with Crippen molar-refractivity contribution >= 4 is 5.69 Å². The Balaban J connectivity index is 1.91.